The summed E-state index contributed by atoms with van der Waals surface area (Å²) in [4.78, 5) is 2.29. The molecule has 1 aromatic rings. The summed E-state index contributed by atoms with van der Waals surface area (Å²) < 4.78 is 0. The lowest BCUT2D eigenvalue weighted by Gasteiger charge is -2.11. The zero-order valence-corrected chi connectivity index (χ0v) is 7.27. The number of benzene rings is 1. The van der Waals surface area contributed by atoms with Crippen molar-refractivity contribution in [2.24, 2.45) is 0 Å². The van der Waals surface area contributed by atoms with E-state index in [0.717, 1.165) is 5.88 Å². The van der Waals surface area contributed by atoms with Gasteiger partial charge in [0.05, 0.1) is 17.3 Å². The van der Waals surface area contributed by atoms with E-state index in [4.69, 9.17) is 0 Å². The Morgan fingerprint density at radius 3 is 3.25 bits per heavy atom. The highest BCUT2D eigenvalue weighted by atomic mass is 32.2. The summed E-state index contributed by atoms with van der Waals surface area (Å²) in [5, 5.41) is 5.53. The molecule has 0 amide bonds. The average molecular weight is 176 g/mol. The van der Waals surface area contributed by atoms with Gasteiger partial charge in [0.25, 0.3) is 0 Å². The first-order chi connectivity index (χ1) is 5.95. The maximum absolute atomic E-state index is 3.36. The Morgan fingerprint density at radius 2 is 2.25 bits per heavy atom. The molecule has 2 aliphatic heterocycles. The lowest BCUT2D eigenvalue weighted by Crippen LogP contribution is -2.14. The summed E-state index contributed by atoms with van der Waals surface area (Å²) in [7, 11) is 0. The largest absolute Gasteiger partial charge is 0.339 e. The van der Waals surface area contributed by atoms with Crippen LogP contribution in [-0.4, -0.2) is 5.88 Å². The van der Waals surface area contributed by atoms with E-state index in [9.17, 15) is 0 Å². The molecule has 2 nitrogen and oxygen atoms in total. The molecule has 60 valence electrons. The molecular weight excluding hydrogens is 168 g/mol. The normalized spacial score (nSPS) is 18.3. The predicted molar refractivity (Wildman–Crippen MR) is 53.1 cm³/mol. The number of rotatable bonds is 0. The van der Waals surface area contributed by atoms with E-state index in [-0.39, 0.29) is 0 Å². The van der Waals surface area contributed by atoms with Gasteiger partial charge in [0.2, 0.25) is 0 Å². The Morgan fingerprint density at radius 1 is 1.33 bits per heavy atom. The van der Waals surface area contributed by atoms with Crippen LogP contribution in [0.3, 0.4) is 0 Å². The van der Waals surface area contributed by atoms with Crippen molar-refractivity contribution in [1.82, 2.24) is 0 Å². The number of nitrogens with one attached hydrogen (secondary N) is 1. The topological polar surface area (TPSA) is 15.3 Å². The Labute approximate surface area is 75.3 Å². The van der Waals surface area contributed by atoms with Gasteiger partial charge in [0.1, 0.15) is 5.82 Å². The van der Waals surface area contributed by atoms with Crippen LogP contribution in [0.4, 0.5) is 11.4 Å². The van der Waals surface area contributed by atoms with Gasteiger partial charge in [0, 0.05) is 5.41 Å². The van der Waals surface area contributed by atoms with Crippen LogP contribution < -0.4 is 10.2 Å². The standard InChI is InChI=1S/C9H8N2S/c1-2-4-8-7(3-1)10-9-5-12-6-11(8)9/h1-5,10H,6H2. The molecule has 0 saturated carbocycles. The highest BCUT2D eigenvalue weighted by Crippen LogP contribution is 2.40. The number of thioether (sulfide) groups is 1. The number of hydrogen-bond donors (Lipinski definition) is 1. The van der Waals surface area contributed by atoms with Crippen molar-refractivity contribution < 1.29 is 0 Å². The molecule has 2 aliphatic rings. The molecule has 0 spiro atoms. The third kappa shape index (κ3) is 0.716. The molecule has 1 N–H and O–H groups in total. The van der Waals surface area contributed by atoms with E-state index in [1.165, 1.54) is 17.2 Å². The van der Waals surface area contributed by atoms with E-state index < -0.39 is 0 Å². The SMILES string of the molecule is C1=C2Nc3ccccc3N2CS1. The van der Waals surface area contributed by atoms with Gasteiger partial charge >= 0.3 is 0 Å². The first kappa shape index (κ1) is 6.43. The maximum Gasteiger partial charge on any atom is 0.118 e. The minimum absolute atomic E-state index is 1.04. The van der Waals surface area contributed by atoms with Crippen molar-refractivity contribution in [2.45, 2.75) is 0 Å². The maximum atomic E-state index is 3.36. The smallest absolute Gasteiger partial charge is 0.118 e. The lowest BCUT2D eigenvalue weighted by molar-refractivity contribution is 1.15. The molecule has 1 aromatic carbocycles. The zero-order valence-electron chi connectivity index (χ0n) is 6.45. The molecule has 0 atom stereocenters. The molecule has 2 heterocycles. The minimum Gasteiger partial charge on any atom is -0.339 e. The molecule has 0 unspecified atom stereocenters. The van der Waals surface area contributed by atoms with Gasteiger partial charge in [-0.1, -0.05) is 12.1 Å². The van der Waals surface area contributed by atoms with Crippen LogP contribution in [0.2, 0.25) is 0 Å². The lowest BCUT2D eigenvalue weighted by atomic mass is 10.3. The number of fused-ring (bicyclic) bond motifs is 3. The molecule has 3 heteroatoms. The van der Waals surface area contributed by atoms with Gasteiger partial charge in [-0.15, -0.1) is 11.8 Å². The van der Waals surface area contributed by atoms with Gasteiger partial charge in [-0.25, -0.2) is 0 Å². The van der Waals surface area contributed by atoms with Crippen molar-refractivity contribution >= 4 is 23.1 Å². The van der Waals surface area contributed by atoms with Crippen LogP contribution in [0.25, 0.3) is 0 Å². The van der Waals surface area contributed by atoms with E-state index in [1.807, 2.05) is 11.8 Å². The second-order valence-corrected chi connectivity index (χ2v) is 3.70. The molecule has 3 rings (SSSR count). The number of anilines is 2. The fourth-order valence-corrected chi connectivity index (χ4v) is 2.42. The van der Waals surface area contributed by atoms with Crippen molar-refractivity contribution in [3.8, 4) is 0 Å². The first-order valence-electron chi connectivity index (χ1n) is 3.90. The summed E-state index contributed by atoms with van der Waals surface area (Å²) in [5.74, 6) is 2.26. The van der Waals surface area contributed by atoms with E-state index in [2.05, 4.69) is 39.9 Å². The van der Waals surface area contributed by atoms with Gasteiger partial charge in [-0.2, -0.15) is 0 Å². The zero-order chi connectivity index (χ0) is 7.97. The monoisotopic (exact) mass is 176 g/mol. The van der Waals surface area contributed by atoms with Gasteiger partial charge < -0.3 is 10.2 Å². The Balaban J connectivity index is 2.17. The van der Waals surface area contributed by atoms with E-state index in [1.54, 1.807) is 0 Å². The summed E-state index contributed by atoms with van der Waals surface area (Å²) in [6.07, 6.45) is 0. The molecule has 0 radical (unpaired) electrons. The molecule has 12 heavy (non-hydrogen) atoms. The Kier molecular flexibility index (Phi) is 1.18. The molecule has 0 aliphatic carbocycles. The Bertz CT molecular complexity index is 359. The predicted octanol–water partition coefficient (Wildman–Crippen LogP) is 2.42. The van der Waals surface area contributed by atoms with Gasteiger partial charge in [-0.05, 0) is 12.1 Å². The second-order valence-electron chi connectivity index (χ2n) is 2.87. The molecule has 0 bridgehead atoms. The van der Waals surface area contributed by atoms with Crippen LogP contribution in [-0.2, 0) is 0 Å². The van der Waals surface area contributed by atoms with Crippen molar-refractivity contribution in [2.75, 3.05) is 16.1 Å². The number of nitrogens with zero attached hydrogens (tertiary/aromatic N) is 1. The third-order valence-corrected chi connectivity index (χ3v) is 2.94. The van der Waals surface area contributed by atoms with Gasteiger partial charge in [-0.3, -0.25) is 0 Å². The van der Waals surface area contributed by atoms with Crippen molar-refractivity contribution in [3.63, 3.8) is 0 Å². The molecular formula is C9H8N2S. The van der Waals surface area contributed by atoms with Gasteiger partial charge in [0.15, 0.2) is 0 Å². The summed E-state index contributed by atoms with van der Waals surface area (Å²) in [6, 6.07) is 8.39. The average Bonchev–Trinajstić information content (AvgIpc) is 2.62. The quantitative estimate of drug-likeness (QED) is 0.653. The van der Waals surface area contributed by atoms with E-state index in [0.29, 0.717) is 0 Å². The fourth-order valence-electron chi connectivity index (χ4n) is 1.57. The third-order valence-electron chi connectivity index (χ3n) is 2.15. The number of para-hydroxylation sites is 2. The second kappa shape index (κ2) is 2.20. The summed E-state index contributed by atoms with van der Waals surface area (Å²) in [6.45, 7) is 0. The summed E-state index contributed by atoms with van der Waals surface area (Å²) >= 11 is 1.83. The van der Waals surface area contributed by atoms with E-state index >= 15 is 0 Å². The van der Waals surface area contributed by atoms with Crippen LogP contribution in [0.15, 0.2) is 35.5 Å². The fraction of sp³-hybridized carbons (Fsp3) is 0.111. The van der Waals surface area contributed by atoms with Crippen molar-refractivity contribution in [3.05, 3.63) is 35.5 Å². The van der Waals surface area contributed by atoms with Crippen molar-refractivity contribution in [1.29, 1.82) is 0 Å². The van der Waals surface area contributed by atoms with Crippen LogP contribution in [0, 0.1) is 0 Å². The highest BCUT2D eigenvalue weighted by molar-refractivity contribution is 8.02. The highest BCUT2D eigenvalue weighted by Gasteiger charge is 2.25. The first-order valence-corrected chi connectivity index (χ1v) is 4.95. The Hall–Kier alpha value is -1.09. The molecule has 0 saturated heterocycles. The molecule has 0 fully saturated rings. The van der Waals surface area contributed by atoms with Crippen LogP contribution in [0.5, 0.6) is 0 Å². The summed E-state index contributed by atoms with van der Waals surface area (Å²) in [5.41, 5.74) is 2.53. The number of hydrogen-bond acceptors (Lipinski definition) is 3. The minimum atomic E-state index is 1.04. The van der Waals surface area contributed by atoms with Crippen LogP contribution >= 0.6 is 11.8 Å². The van der Waals surface area contributed by atoms with Crippen LogP contribution in [0.1, 0.15) is 0 Å². The molecule has 0 aromatic heterocycles.